The zero-order valence-electron chi connectivity index (χ0n) is 16.2. The second-order valence-electron chi connectivity index (χ2n) is 6.57. The van der Waals surface area contributed by atoms with Crippen LogP contribution in [0.2, 0.25) is 0 Å². The zero-order valence-corrected chi connectivity index (χ0v) is 17.0. The van der Waals surface area contributed by atoms with E-state index < -0.39 is 0 Å². The van der Waals surface area contributed by atoms with E-state index in [1.165, 1.54) is 11.3 Å². The van der Waals surface area contributed by atoms with E-state index in [0.29, 0.717) is 35.6 Å². The van der Waals surface area contributed by atoms with Crippen LogP contribution in [-0.2, 0) is 11.3 Å². The summed E-state index contributed by atoms with van der Waals surface area (Å²) < 4.78 is 12.8. The Morgan fingerprint density at radius 2 is 1.79 bits per heavy atom. The van der Waals surface area contributed by atoms with E-state index in [1.54, 1.807) is 30.9 Å². The van der Waals surface area contributed by atoms with Gasteiger partial charge < -0.3 is 9.47 Å². The number of fused-ring (bicyclic) bond motifs is 2. The van der Waals surface area contributed by atoms with Crippen molar-refractivity contribution < 1.29 is 9.47 Å². The van der Waals surface area contributed by atoms with Crippen LogP contribution in [0.3, 0.4) is 0 Å². The molecule has 0 aliphatic carbocycles. The van der Waals surface area contributed by atoms with Crippen molar-refractivity contribution in [3.63, 3.8) is 0 Å². The van der Waals surface area contributed by atoms with E-state index in [1.807, 2.05) is 36.4 Å². The number of nitrogens with zero attached hydrogens (tertiary/aromatic N) is 2. The molecule has 6 nitrogen and oxygen atoms in total. The lowest BCUT2D eigenvalue weighted by Crippen LogP contribution is -2.27. The number of methoxy groups -OCH3 is 2. The molecule has 0 aliphatic heterocycles. The number of ether oxygens (including phenoxy) is 2. The molecule has 0 saturated carbocycles. The first-order valence-electron chi connectivity index (χ1n) is 9.24. The summed E-state index contributed by atoms with van der Waals surface area (Å²) in [6.45, 7) is 0.922. The largest absolute Gasteiger partial charge is 0.497 e. The summed E-state index contributed by atoms with van der Waals surface area (Å²) in [5.74, 6) is 1.26. The monoisotopic (exact) mass is 408 g/mol. The lowest BCUT2D eigenvalue weighted by atomic mass is 10.1. The maximum Gasteiger partial charge on any atom is 0.266 e. The molecule has 2 heterocycles. The maximum absolute atomic E-state index is 13.4. The Balaban J connectivity index is 2.01. The van der Waals surface area contributed by atoms with Crippen molar-refractivity contribution in [2.75, 3.05) is 20.8 Å². The summed E-state index contributed by atoms with van der Waals surface area (Å²) in [4.78, 5) is 31.6. The molecule has 148 valence electrons. The molecule has 0 bridgehead atoms. The van der Waals surface area contributed by atoms with Crippen LogP contribution in [0.25, 0.3) is 31.7 Å². The highest BCUT2D eigenvalue weighted by Gasteiger charge is 2.17. The summed E-state index contributed by atoms with van der Waals surface area (Å²) in [5.41, 5.74) is 0.201. The van der Waals surface area contributed by atoms with Crippen molar-refractivity contribution in [3.05, 3.63) is 69.1 Å². The van der Waals surface area contributed by atoms with Gasteiger partial charge in [-0.1, -0.05) is 12.1 Å². The average molecular weight is 408 g/mol. The van der Waals surface area contributed by atoms with Gasteiger partial charge in [-0.25, -0.2) is 4.98 Å². The molecule has 0 fully saturated rings. The van der Waals surface area contributed by atoms with Gasteiger partial charge in [-0.2, -0.15) is 0 Å². The van der Waals surface area contributed by atoms with Gasteiger partial charge in [-0.3, -0.25) is 14.2 Å². The predicted molar refractivity (Wildman–Crippen MR) is 116 cm³/mol. The first-order valence-corrected chi connectivity index (χ1v) is 10.1. The Hall–Kier alpha value is -3.03. The molecule has 0 amide bonds. The third kappa shape index (κ3) is 3.54. The molecule has 29 heavy (non-hydrogen) atoms. The zero-order chi connectivity index (χ0) is 20.4. The Kier molecular flexibility index (Phi) is 5.42. The predicted octanol–water partition coefficient (Wildman–Crippen LogP) is 3.68. The van der Waals surface area contributed by atoms with Crippen molar-refractivity contribution >= 4 is 31.6 Å². The highest BCUT2D eigenvalue weighted by Crippen LogP contribution is 2.26. The third-order valence-electron chi connectivity index (χ3n) is 4.78. The highest BCUT2D eigenvalue weighted by molar-refractivity contribution is 7.24. The van der Waals surface area contributed by atoms with Gasteiger partial charge in [0, 0.05) is 35.9 Å². The molecule has 0 spiro atoms. The van der Waals surface area contributed by atoms with Gasteiger partial charge in [0.2, 0.25) is 5.43 Å². The van der Waals surface area contributed by atoms with Crippen LogP contribution in [0.15, 0.2) is 58.1 Å². The summed E-state index contributed by atoms with van der Waals surface area (Å²) in [5, 5.41) is 0.688. The second kappa shape index (κ2) is 8.14. The molecule has 2 aromatic carbocycles. The number of hydrogen-bond acceptors (Lipinski definition) is 6. The summed E-state index contributed by atoms with van der Waals surface area (Å²) in [6, 6.07) is 14.7. The van der Waals surface area contributed by atoms with E-state index in [-0.39, 0.29) is 16.4 Å². The van der Waals surface area contributed by atoms with Crippen LogP contribution in [0, 0.1) is 0 Å². The van der Waals surface area contributed by atoms with Gasteiger partial charge in [-0.15, -0.1) is 11.3 Å². The van der Waals surface area contributed by atoms with Crippen LogP contribution in [0.1, 0.15) is 6.42 Å². The Labute approximate surface area is 171 Å². The van der Waals surface area contributed by atoms with Crippen molar-refractivity contribution in [2.45, 2.75) is 13.0 Å². The Bertz CT molecular complexity index is 1290. The first-order chi connectivity index (χ1) is 14.1. The lowest BCUT2D eigenvalue weighted by molar-refractivity contribution is 0.190. The molecule has 4 rings (SSSR count). The van der Waals surface area contributed by atoms with Gasteiger partial charge in [-0.05, 0) is 42.8 Å². The fourth-order valence-electron chi connectivity index (χ4n) is 3.32. The minimum absolute atomic E-state index is 0.142. The highest BCUT2D eigenvalue weighted by atomic mass is 32.1. The van der Waals surface area contributed by atoms with Crippen LogP contribution in [0.4, 0.5) is 0 Å². The van der Waals surface area contributed by atoms with E-state index in [2.05, 4.69) is 0 Å². The van der Waals surface area contributed by atoms with Crippen LogP contribution >= 0.6 is 11.3 Å². The second-order valence-corrected chi connectivity index (χ2v) is 7.61. The molecule has 0 unspecified atom stereocenters. The third-order valence-corrected chi connectivity index (χ3v) is 5.84. The van der Waals surface area contributed by atoms with Gasteiger partial charge in [0.25, 0.3) is 5.56 Å². The van der Waals surface area contributed by atoms with E-state index in [0.717, 1.165) is 16.0 Å². The fourth-order valence-corrected chi connectivity index (χ4v) is 4.36. The molecule has 0 atom stereocenters. The van der Waals surface area contributed by atoms with Gasteiger partial charge in [0.05, 0.1) is 7.11 Å². The van der Waals surface area contributed by atoms with Crippen molar-refractivity contribution in [1.82, 2.24) is 9.55 Å². The summed E-state index contributed by atoms with van der Waals surface area (Å²) in [7, 11) is 3.22. The number of hydrogen-bond donors (Lipinski definition) is 0. The maximum atomic E-state index is 13.4. The number of benzene rings is 2. The van der Waals surface area contributed by atoms with Gasteiger partial charge in [0.1, 0.15) is 21.8 Å². The summed E-state index contributed by atoms with van der Waals surface area (Å²) in [6.07, 6.45) is 0.637. The summed E-state index contributed by atoms with van der Waals surface area (Å²) >= 11 is 1.36. The lowest BCUT2D eigenvalue weighted by Gasteiger charge is -2.14. The van der Waals surface area contributed by atoms with Crippen LogP contribution in [-0.4, -0.2) is 30.4 Å². The molecule has 2 aromatic heterocycles. The van der Waals surface area contributed by atoms with Crippen molar-refractivity contribution in [3.8, 4) is 17.1 Å². The Morgan fingerprint density at radius 3 is 2.52 bits per heavy atom. The standard InChI is InChI=1S/C22H20N2O4S/c1-27-13-5-12-24-20(14-8-10-15(28-2)11-9-14)23-21-18(22(24)26)19(25)16-6-3-4-7-17(16)29-21/h3-4,6-11H,5,12-13H2,1-2H3. The molecular weight excluding hydrogens is 388 g/mol. The molecule has 7 heteroatoms. The molecule has 4 aromatic rings. The Morgan fingerprint density at radius 1 is 1.03 bits per heavy atom. The van der Waals surface area contributed by atoms with E-state index in [9.17, 15) is 9.59 Å². The van der Waals surface area contributed by atoms with Crippen LogP contribution < -0.4 is 15.7 Å². The smallest absolute Gasteiger partial charge is 0.266 e. The van der Waals surface area contributed by atoms with E-state index in [4.69, 9.17) is 14.5 Å². The number of aromatic nitrogens is 2. The normalized spacial score (nSPS) is 11.2. The quantitative estimate of drug-likeness (QED) is 0.360. The van der Waals surface area contributed by atoms with Crippen molar-refractivity contribution in [2.24, 2.45) is 0 Å². The average Bonchev–Trinajstić information content (AvgIpc) is 2.75. The van der Waals surface area contributed by atoms with E-state index >= 15 is 0 Å². The fraction of sp³-hybridized carbons (Fsp3) is 0.227. The molecule has 0 radical (unpaired) electrons. The minimum Gasteiger partial charge on any atom is -0.497 e. The molecule has 0 N–H and O–H groups in total. The molecule has 0 saturated heterocycles. The first kappa shape index (κ1) is 19.3. The van der Waals surface area contributed by atoms with Crippen molar-refractivity contribution in [1.29, 1.82) is 0 Å². The SMILES string of the molecule is COCCCn1c(-c2ccc(OC)cc2)nc2sc3ccccc3c(=O)c2c1=O. The molecular formula is C22H20N2O4S. The molecule has 0 aliphatic rings. The minimum atomic E-state index is -0.316. The topological polar surface area (TPSA) is 70.4 Å². The number of rotatable bonds is 6. The van der Waals surface area contributed by atoms with Gasteiger partial charge in [0.15, 0.2) is 0 Å². The van der Waals surface area contributed by atoms with Gasteiger partial charge >= 0.3 is 0 Å². The van der Waals surface area contributed by atoms with Crippen LogP contribution in [0.5, 0.6) is 5.75 Å².